The zero-order valence-electron chi connectivity index (χ0n) is 17.4. The number of hydrogen-bond donors (Lipinski definition) is 1. The molecular weight excluding hydrogens is 414 g/mol. The van der Waals surface area contributed by atoms with Crippen LogP contribution in [0, 0.1) is 0 Å². The zero-order chi connectivity index (χ0) is 21.4. The molecule has 4 heterocycles. The van der Waals surface area contributed by atoms with E-state index in [2.05, 4.69) is 15.2 Å². The Morgan fingerprint density at radius 1 is 1.13 bits per heavy atom. The molecule has 1 N–H and O–H groups in total. The first-order valence-corrected chi connectivity index (χ1v) is 11.3. The molecule has 3 aliphatic rings. The van der Waals surface area contributed by atoms with E-state index in [4.69, 9.17) is 11.6 Å². The van der Waals surface area contributed by atoms with Gasteiger partial charge in [-0.15, -0.1) is 0 Å². The number of nitrogens with one attached hydrogen (secondary N) is 1. The summed E-state index contributed by atoms with van der Waals surface area (Å²) < 4.78 is 0. The molecule has 31 heavy (non-hydrogen) atoms. The Morgan fingerprint density at radius 2 is 1.87 bits per heavy atom. The Kier molecular flexibility index (Phi) is 5.54. The molecule has 0 spiro atoms. The van der Waals surface area contributed by atoms with Crippen molar-refractivity contribution in [3.8, 4) is 0 Å². The van der Waals surface area contributed by atoms with Crippen molar-refractivity contribution in [3.05, 3.63) is 52.7 Å². The number of hydrogen-bond acceptors (Lipinski definition) is 5. The van der Waals surface area contributed by atoms with Crippen LogP contribution in [0.25, 0.3) is 0 Å². The van der Waals surface area contributed by atoms with Crippen molar-refractivity contribution in [1.29, 1.82) is 0 Å². The van der Waals surface area contributed by atoms with E-state index in [-0.39, 0.29) is 18.4 Å². The Balaban J connectivity index is 1.31. The van der Waals surface area contributed by atoms with E-state index in [1.807, 2.05) is 29.2 Å². The molecule has 2 amide bonds. The number of rotatable bonds is 4. The number of aromatic nitrogens is 1. The molecule has 0 radical (unpaired) electrons. The van der Waals surface area contributed by atoms with Crippen molar-refractivity contribution in [3.63, 3.8) is 0 Å². The molecule has 2 fully saturated rings. The molecule has 5 rings (SSSR count). The molecule has 7 nitrogen and oxygen atoms in total. The summed E-state index contributed by atoms with van der Waals surface area (Å²) >= 11 is 5.98. The van der Waals surface area contributed by atoms with Gasteiger partial charge in [0.1, 0.15) is 0 Å². The first-order valence-electron chi connectivity index (χ1n) is 10.9. The highest BCUT2D eigenvalue weighted by Crippen LogP contribution is 2.31. The normalized spacial score (nSPS) is 19.6. The summed E-state index contributed by atoms with van der Waals surface area (Å²) in [7, 11) is 0. The van der Waals surface area contributed by atoms with Gasteiger partial charge >= 0.3 is 0 Å². The number of benzene rings is 1. The van der Waals surface area contributed by atoms with Gasteiger partial charge in [-0.25, -0.2) is 4.98 Å². The first-order chi connectivity index (χ1) is 15.1. The van der Waals surface area contributed by atoms with Crippen LogP contribution < -0.4 is 10.2 Å². The number of pyridine rings is 1. The molecule has 0 atom stereocenters. The van der Waals surface area contributed by atoms with E-state index in [1.54, 1.807) is 17.2 Å². The Morgan fingerprint density at radius 3 is 2.61 bits per heavy atom. The smallest absolute Gasteiger partial charge is 0.255 e. The molecule has 1 aromatic heterocycles. The lowest BCUT2D eigenvalue weighted by atomic mass is 10.0. The summed E-state index contributed by atoms with van der Waals surface area (Å²) in [6.45, 7) is 4.40. The maximum absolute atomic E-state index is 13.1. The van der Waals surface area contributed by atoms with Gasteiger partial charge in [0.15, 0.2) is 5.82 Å². The number of likely N-dealkylation sites (tertiary alicyclic amines) is 2. The Bertz CT molecular complexity index is 984. The molecule has 0 aliphatic carbocycles. The van der Waals surface area contributed by atoms with Crippen LogP contribution in [0.1, 0.15) is 35.2 Å². The number of fused-ring (bicyclic) bond motifs is 1. The fraction of sp³-hybridized carbons (Fsp3) is 0.435. The fourth-order valence-corrected chi connectivity index (χ4v) is 4.69. The van der Waals surface area contributed by atoms with Gasteiger partial charge in [-0.2, -0.15) is 0 Å². The molecule has 162 valence electrons. The van der Waals surface area contributed by atoms with Gasteiger partial charge in [0.2, 0.25) is 5.91 Å². The van der Waals surface area contributed by atoms with Gasteiger partial charge in [-0.1, -0.05) is 30.2 Å². The van der Waals surface area contributed by atoms with Crippen LogP contribution >= 0.6 is 11.6 Å². The SMILES string of the molecule is O=C(c1cnc2c(c1)N(Cc1ccc(Cl)cc1)C(=O)CN2)N1CC(N2CCCCC2)C1. The molecule has 2 saturated heterocycles. The van der Waals surface area contributed by atoms with Crippen LogP contribution in [0.5, 0.6) is 0 Å². The highest BCUT2D eigenvalue weighted by atomic mass is 35.5. The van der Waals surface area contributed by atoms with Crippen LogP contribution in [0.3, 0.4) is 0 Å². The van der Waals surface area contributed by atoms with E-state index in [9.17, 15) is 9.59 Å². The molecule has 2 aromatic rings. The minimum atomic E-state index is -0.0528. The third-order valence-corrected chi connectivity index (χ3v) is 6.68. The summed E-state index contributed by atoms with van der Waals surface area (Å²) in [5, 5.41) is 3.71. The molecule has 8 heteroatoms. The van der Waals surface area contributed by atoms with Crippen molar-refractivity contribution in [2.45, 2.75) is 31.8 Å². The van der Waals surface area contributed by atoms with Gasteiger partial charge in [-0.3, -0.25) is 14.5 Å². The minimum absolute atomic E-state index is 0.0203. The van der Waals surface area contributed by atoms with Crippen molar-refractivity contribution >= 4 is 34.9 Å². The Hall–Kier alpha value is -2.64. The Labute approximate surface area is 187 Å². The molecule has 0 saturated carbocycles. The number of anilines is 2. The molecule has 0 bridgehead atoms. The van der Waals surface area contributed by atoms with Crippen LogP contribution in [0.15, 0.2) is 36.5 Å². The second-order valence-electron chi connectivity index (χ2n) is 8.51. The number of carbonyl (C=O) groups excluding carboxylic acids is 2. The van der Waals surface area contributed by atoms with E-state index >= 15 is 0 Å². The minimum Gasteiger partial charge on any atom is -0.359 e. The molecule has 1 aromatic carbocycles. The van der Waals surface area contributed by atoms with Gasteiger partial charge in [0.25, 0.3) is 5.91 Å². The fourth-order valence-electron chi connectivity index (χ4n) is 4.57. The topological polar surface area (TPSA) is 68.8 Å². The number of halogens is 1. The third-order valence-electron chi connectivity index (χ3n) is 6.42. The third kappa shape index (κ3) is 4.12. The largest absolute Gasteiger partial charge is 0.359 e. The van der Waals surface area contributed by atoms with Crippen molar-refractivity contribution in [1.82, 2.24) is 14.8 Å². The summed E-state index contributed by atoms with van der Waals surface area (Å²) in [5.41, 5.74) is 2.13. The lowest BCUT2D eigenvalue weighted by Gasteiger charge is -2.46. The summed E-state index contributed by atoms with van der Waals surface area (Å²) in [4.78, 5) is 36.2. The predicted octanol–water partition coefficient (Wildman–Crippen LogP) is 3.00. The van der Waals surface area contributed by atoms with Gasteiger partial charge in [0, 0.05) is 30.4 Å². The van der Waals surface area contributed by atoms with Crippen molar-refractivity contribution in [2.24, 2.45) is 0 Å². The van der Waals surface area contributed by atoms with Gasteiger partial charge < -0.3 is 15.1 Å². The van der Waals surface area contributed by atoms with Gasteiger partial charge in [0.05, 0.1) is 24.3 Å². The first kappa shape index (κ1) is 20.3. The van der Waals surface area contributed by atoms with E-state index < -0.39 is 0 Å². The number of carbonyl (C=O) groups is 2. The average Bonchev–Trinajstić information content (AvgIpc) is 2.76. The van der Waals surface area contributed by atoms with Crippen LogP contribution in [0.4, 0.5) is 11.5 Å². The standard InChI is InChI=1S/C23H26ClN5O2/c24-18-6-4-16(5-7-18)13-29-20-10-17(11-25-22(20)26-12-21(29)30)23(31)28-14-19(15-28)27-8-2-1-3-9-27/h4-7,10-11,19H,1-3,8-9,12-15H2,(H,25,26). The molecular formula is C23H26ClN5O2. The van der Waals surface area contributed by atoms with E-state index in [1.165, 1.54) is 19.3 Å². The lowest BCUT2D eigenvalue weighted by Crippen LogP contribution is -2.61. The number of piperidine rings is 1. The van der Waals surface area contributed by atoms with Crippen LogP contribution in [-0.2, 0) is 11.3 Å². The summed E-state index contributed by atoms with van der Waals surface area (Å²) in [5.74, 6) is 0.552. The second kappa shape index (κ2) is 8.48. The van der Waals surface area contributed by atoms with E-state index in [0.29, 0.717) is 34.7 Å². The predicted molar refractivity (Wildman–Crippen MR) is 120 cm³/mol. The van der Waals surface area contributed by atoms with Crippen molar-refractivity contribution in [2.75, 3.05) is 42.9 Å². The number of amides is 2. The average molecular weight is 440 g/mol. The highest BCUT2D eigenvalue weighted by molar-refractivity contribution is 6.30. The molecule has 3 aliphatic heterocycles. The number of nitrogens with zero attached hydrogens (tertiary/aromatic N) is 4. The summed E-state index contributed by atoms with van der Waals surface area (Å²) in [6.07, 6.45) is 5.43. The van der Waals surface area contributed by atoms with Crippen LogP contribution in [-0.4, -0.2) is 65.4 Å². The van der Waals surface area contributed by atoms with Gasteiger partial charge in [-0.05, 0) is 49.7 Å². The highest BCUT2D eigenvalue weighted by Gasteiger charge is 2.36. The zero-order valence-corrected chi connectivity index (χ0v) is 18.1. The second-order valence-corrected chi connectivity index (χ2v) is 8.95. The van der Waals surface area contributed by atoms with Crippen LogP contribution in [0.2, 0.25) is 5.02 Å². The maximum atomic E-state index is 13.1. The molecule has 0 unspecified atom stereocenters. The lowest BCUT2D eigenvalue weighted by molar-refractivity contribution is -0.117. The monoisotopic (exact) mass is 439 g/mol. The quantitative estimate of drug-likeness (QED) is 0.793. The van der Waals surface area contributed by atoms with Crippen molar-refractivity contribution < 1.29 is 9.59 Å². The summed E-state index contributed by atoms with van der Waals surface area (Å²) in [6, 6.07) is 9.69. The van der Waals surface area contributed by atoms with E-state index in [0.717, 1.165) is 31.7 Å². The maximum Gasteiger partial charge on any atom is 0.255 e.